The van der Waals surface area contributed by atoms with E-state index in [0.717, 1.165) is 11.3 Å². The van der Waals surface area contributed by atoms with Crippen LogP contribution in [0.5, 0.6) is 0 Å². The van der Waals surface area contributed by atoms with Crippen LogP contribution in [0.2, 0.25) is 0 Å². The van der Waals surface area contributed by atoms with E-state index in [1.807, 2.05) is 0 Å². The molecule has 0 radical (unpaired) electrons. The highest BCUT2D eigenvalue weighted by molar-refractivity contribution is 7.20. The van der Waals surface area contributed by atoms with Crippen LogP contribution in [0.1, 0.15) is 15.2 Å². The first-order valence-corrected chi connectivity index (χ1v) is 4.91. The number of H-pyrrole nitrogens is 1. The van der Waals surface area contributed by atoms with Crippen molar-refractivity contribution in [2.24, 2.45) is 5.73 Å². The summed E-state index contributed by atoms with van der Waals surface area (Å²) in [6.45, 7) is 1.66. The summed E-state index contributed by atoms with van der Waals surface area (Å²) in [5.41, 5.74) is 10.8. The lowest BCUT2D eigenvalue weighted by Crippen LogP contribution is -2.12. The summed E-state index contributed by atoms with van der Waals surface area (Å²) in [6, 6.07) is 0. The normalized spacial score (nSPS) is 10.7. The predicted molar refractivity (Wildman–Crippen MR) is 57.9 cm³/mol. The van der Waals surface area contributed by atoms with Crippen molar-refractivity contribution >= 4 is 33.4 Å². The summed E-state index contributed by atoms with van der Waals surface area (Å²) < 4.78 is 0. The lowest BCUT2D eigenvalue weighted by molar-refractivity contribution is 0.100. The number of aromatic nitrogens is 2. The maximum absolute atomic E-state index is 11.5. The average molecular weight is 224 g/mol. The second kappa shape index (κ2) is 3.06. The van der Waals surface area contributed by atoms with Gasteiger partial charge >= 0.3 is 0 Å². The van der Waals surface area contributed by atoms with Crippen molar-refractivity contribution < 1.29 is 4.79 Å². The lowest BCUT2D eigenvalue weighted by Gasteiger charge is -1.92. The number of nitrogens with one attached hydrogen (secondary N) is 1. The highest BCUT2D eigenvalue weighted by Crippen LogP contribution is 2.26. The van der Waals surface area contributed by atoms with Gasteiger partial charge in [-0.15, -0.1) is 11.3 Å². The fourth-order valence-corrected chi connectivity index (χ4v) is 2.44. The molecule has 2 heterocycles. The number of carbonyl (C=O) groups is 1. The minimum Gasteiger partial charge on any atom is -0.369 e. The van der Waals surface area contributed by atoms with Crippen LogP contribution < -0.4 is 17.0 Å². The third-order valence-corrected chi connectivity index (χ3v) is 3.24. The van der Waals surface area contributed by atoms with E-state index in [9.17, 15) is 9.59 Å². The molecule has 2 rings (SSSR count). The van der Waals surface area contributed by atoms with Gasteiger partial charge in [0.15, 0.2) is 0 Å². The highest BCUT2D eigenvalue weighted by atomic mass is 32.1. The molecule has 0 spiro atoms. The maximum atomic E-state index is 11.5. The van der Waals surface area contributed by atoms with E-state index in [1.54, 1.807) is 6.92 Å². The Morgan fingerprint density at radius 3 is 2.80 bits per heavy atom. The molecule has 15 heavy (non-hydrogen) atoms. The zero-order chi connectivity index (χ0) is 11.2. The van der Waals surface area contributed by atoms with Gasteiger partial charge in [0, 0.05) is 0 Å². The SMILES string of the molecule is Cc1c(C(N)=O)sc2nc(N)[nH]c(=O)c12. The van der Waals surface area contributed by atoms with E-state index >= 15 is 0 Å². The number of hydrogen-bond acceptors (Lipinski definition) is 5. The smallest absolute Gasteiger partial charge is 0.261 e. The molecule has 2 aromatic heterocycles. The number of nitrogen functional groups attached to an aromatic ring is 1. The molecule has 0 fully saturated rings. The number of amides is 1. The number of anilines is 1. The minimum absolute atomic E-state index is 0.0322. The van der Waals surface area contributed by atoms with Crippen LogP contribution in [0, 0.1) is 6.92 Å². The van der Waals surface area contributed by atoms with Crippen molar-refractivity contribution in [1.29, 1.82) is 0 Å². The van der Waals surface area contributed by atoms with Gasteiger partial charge in [-0.2, -0.15) is 0 Å². The van der Waals surface area contributed by atoms with Crippen molar-refractivity contribution in [1.82, 2.24) is 9.97 Å². The van der Waals surface area contributed by atoms with E-state index in [2.05, 4.69) is 9.97 Å². The van der Waals surface area contributed by atoms with E-state index in [-0.39, 0.29) is 11.5 Å². The molecule has 2 aromatic rings. The Hall–Kier alpha value is -1.89. The van der Waals surface area contributed by atoms with Crippen molar-refractivity contribution in [2.75, 3.05) is 5.73 Å². The van der Waals surface area contributed by atoms with Crippen LogP contribution in [0.4, 0.5) is 5.95 Å². The number of nitrogens with zero attached hydrogens (tertiary/aromatic N) is 1. The number of rotatable bonds is 1. The molecule has 0 aliphatic carbocycles. The molecule has 0 aliphatic rings. The summed E-state index contributed by atoms with van der Waals surface area (Å²) >= 11 is 1.07. The Morgan fingerprint density at radius 2 is 2.20 bits per heavy atom. The van der Waals surface area contributed by atoms with Crippen molar-refractivity contribution in [3.8, 4) is 0 Å². The quantitative estimate of drug-likeness (QED) is 0.631. The second-order valence-electron chi connectivity index (χ2n) is 3.05. The number of aryl methyl sites for hydroxylation is 1. The van der Waals surface area contributed by atoms with Crippen LogP contribution in [0.25, 0.3) is 10.2 Å². The van der Waals surface area contributed by atoms with Gasteiger partial charge in [-0.3, -0.25) is 14.6 Å². The zero-order valence-electron chi connectivity index (χ0n) is 7.83. The fourth-order valence-electron chi connectivity index (χ4n) is 1.40. The number of fused-ring (bicyclic) bond motifs is 1. The Labute approximate surface area is 87.9 Å². The molecule has 5 N–H and O–H groups in total. The third-order valence-electron chi connectivity index (χ3n) is 2.04. The summed E-state index contributed by atoms with van der Waals surface area (Å²) in [5, 5.41) is 0.378. The average Bonchev–Trinajstić information content (AvgIpc) is 2.42. The first-order valence-electron chi connectivity index (χ1n) is 4.09. The van der Waals surface area contributed by atoms with Crippen LogP contribution >= 0.6 is 11.3 Å². The topological polar surface area (TPSA) is 115 Å². The number of primary amides is 1. The molecule has 6 nitrogen and oxygen atoms in total. The third kappa shape index (κ3) is 1.37. The summed E-state index contributed by atoms with van der Waals surface area (Å²) in [7, 11) is 0. The standard InChI is InChI=1S/C8H8N4O2S/c1-2-3-6(14)11-8(10)12-7(3)15-4(2)5(9)13/h1H3,(H2,9,13)(H3,10,11,12,14). The predicted octanol–water partition coefficient (Wildman–Crippen LogP) is -0.0259. The van der Waals surface area contributed by atoms with Gasteiger partial charge in [-0.05, 0) is 12.5 Å². The van der Waals surface area contributed by atoms with Crippen LogP contribution in [-0.2, 0) is 0 Å². The Bertz CT molecular complexity index is 613. The van der Waals surface area contributed by atoms with Crippen LogP contribution in [-0.4, -0.2) is 15.9 Å². The summed E-state index contributed by atoms with van der Waals surface area (Å²) in [5.74, 6) is -0.529. The van der Waals surface area contributed by atoms with E-state index in [4.69, 9.17) is 11.5 Å². The molecular formula is C8H8N4O2S. The number of nitrogens with two attached hydrogens (primary N) is 2. The number of aromatic amines is 1. The Morgan fingerprint density at radius 1 is 1.53 bits per heavy atom. The minimum atomic E-state index is -0.562. The van der Waals surface area contributed by atoms with E-state index in [1.165, 1.54) is 0 Å². The van der Waals surface area contributed by atoms with Gasteiger partial charge in [0.1, 0.15) is 4.83 Å². The Balaban J connectivity index is 2.94. The lowest BCUT2D eigenvalue weighted by atomic mass is 10.2. The molecule has 0 saturated carbocycles. The van der Waals surface area contributed by atoms with Gasteiger partial charge < -0.3 is 11.5 Å². The van der Waals surface area contributed by atoms with Crippen LogP contribution in [0.3, 0.4) is 0 Å². The molecule has 0 saturated heterocycles. The van der Waals surface area contributed by atoms with Gasteiger partial charge in [-0.25, -0.2) is 4.98 Å². The highest BCUT2D eigenvalue weighted by Gasteiger charge is 2.16. The van der Waals surface area contributed by atoms with Crippen molar-refractivity contribution in [3.63, 3.8) is 0 Å². The number of carbonyl (C=O) groups excluding carboxylic acids is 1. The number of hydrogen-bond donors (Lipinski definition) is 3. The van der Waals surface area contributed by atoms with E-state index < -0.39 is 5.91 Å². The second-order valence-corrected chi connectivity index (χ2v) is 4.05. The van der Waals surface area contributed by atoms with Gasteiger partial charge in [-0.1, -0.05) is 0 Å². The molecule has 7 heteroatoms. The van der Waals surface area contributed by atoms with Crippen molar-refractivity contribution in [3.05, 3.63) is 20.8 Å². The molecule has 78 valence electrons. The monoisotopic (exact) mass is 224 g/mol. The van der Waals surface area contributed by atoms with Crippen molar-refractivity contribution in [2.45, 2.75) is 6.92 Å². The summed E-state index contributed by atoms with van der Waals surface area (Å²) in [4.78, 5) is 29.7. The van der Waals surface area contributed by atoms with Crippen LogP contribution in [0.15, 0.2) is 4.79 Å². The Kier molecular flexibility index (Phi) is 1.97. The molecule has 0 aromatic carbocycles. The first-order chi connectivity index (χ1) is 7.00. The molecule has 0 aliphatic heterocycles. The molecule has 0 bridgehead atoms. The van der Waals surface area contributed by atoms with Gasteiger partial charge in [0.2, 0.25) is 5.95 Å². The molecule has 1 amide bonds. The maximum Gasteiger partial charge on any atom is 0.261 e. The summed E-state index contributed by atoms with van der Waals surface area (Å²) in [6.07, 6.45) is 0. The van der Waals surface area contributed by atoms with Gasteiger partial charge in [0.05, 0.1) is 10.3 Å². The fraction of sp³-hybridized carbons (Fsp3) is 0.125. The largest absolute Gasteiger partial charge is 0.369 e. The van der Waals surface area contributed by atoms with Gasteiger partial charge in [0.25, 0.3) is 11.5 Å². The first kappa shape index (κ1) is 9.66. The zero-order valence-corrected chi connectivity index (χ0v) is 8.64. The molecule has 0 unspecified atom stereocenters. The molecule has 0 atom stereocenters. The molecular weight excluding hydrogens is 216 g/mol. The van der Waals surface area contributed by atoms with E-state index in [0.29, 0.717) is 20.7 Å². The number of thiophene rings is 1.